The average molecular weight is 462 g/mol. The van der Waals surface area contributed by atoms with Crippen LogP contribution < -0.4 is 9.47 Å². The van der Waals surface area contributed by atoms with E-state index in [0.717, 1.165) is 5.01 Å². The topological polar surface area (TPSA) is 138 Å². The SMILES string of the molecule is CC(=O)Oc1cc(OC(C)=O)cc(C2=NN(C(C)=O)C(c3cc([N+](=O)[O-])ccc3Cl)O2)c1. The average Bonchev–Trinajstić information content (AvgIpc) is 3.12. The molecule has 0 spiro atoms. The van der Waals surface area contributed by atoms with Gasteiger partial charge in [-0.25, -0.2) is 0 Å². The van der Waals surface area contributed by atoms with Gasteiger partial charge in [-0.3, -0.25) is 24.5 Å². The normalized spacial score (nSPS) is 14.9. The van der Waals surface area contributed by atoms with E-state index in [1.807, 2.05) is 0 Å². The van der Waals surface area contributed by atoms with E-state index in [0.29, 0.717) is 0 Å². The molecule has 0 aromatic heterocycles. The van der Waals surface area contributed by atoms with E-state index < -0.39 is 29.0 Å². The first-order valence-electron chi connectivity index (χ1n) is 9.06. The smallest absolute Gasteiger partial charge is 0.308 e. The molecule has 0 fully saturated rings. The molecule has 166 valence electrons. The third kappa shape index (κ3) is 5.01. The maximum Gasteiger partial charge on any atom is 0.308 e. The van der Waals surface area contributed by atoms with Crippen molar-refractivity contribution < 1.29 is 33.5 Å². The van der Waals surface area contributed by atoms with Gasteiger partial charge in [0, 0.05) is 55.1 Å². The standard InChI is InChI=1S/C20H16ClN3O8/c1-10(25)23-20(17-8-14(24(28)29)4-5-18(17)21)32-19(22-23)13-6-15(30-11(2)26)9-16(7-13)31-12(3)27/h4-9,20H,1-3H3. The van der Waals surface area contributed by atoms with Crippen LogP contribution in [0.4, 0.5) is 5.69 Å². The van der Waals surface area contributed by atoms with Gasteiger partial charge in [-0.1, -0.05) is 11.6 Å². The number of rotatable bonds is 5. The van der Waals surface area contributed by atoms with Gasteiger partial charge in [-0.05, 0) is 18.2 Å². The van der Waals surface area contributed by atoms with Crippen LogP contribution in [0.15, 0.2) is 41.5 Å². The summed E-state index contributed by atoms with van der Waals surface area (Å²) in [5, 5.41) is 16.4. The third-order valence-electron chi connectivity index (χ3n) is 4.07. The van der Waals surface area contributed by atoms with Gasteiger partial charge in [0.2, 0.25) is 18.0 Å². The van der Waals surface area contributed by atoms with Crippen LogP contribution >= 0.6 is 11.6 Å². The van der Waals surface area contributed by atoms with Gasteiger partial charge >= 0.3 is 11.9 Å². The van der Waals surface area contributed by atoms with Crippen molar-refractivity contribution in [2.24, 2.45) is 5.10 Å². The van der Waals surface area contributed by atoms with E-state index in [1.54, 1.807) is 0 Å². The van der Waals surface area contributed by atoms with Crippen molar-refractivity contribution in [1.82, 2.24) is 5.01 Å². The van der Waals surface area contributed by atoms with Gasteiger partial charge in [0.25, 0.3) is 5.69 Å². The molecule has 0 bridgehead atoms. The van der Waals surface area contributed by atoms with E-state index in [1.165, 1.54) is 57.2 Å². The Morgan fingerprint density at radius 2 is 1.66 bits per heavy atom. The molecule has 1 unspecified atom stereocenters. The number of hydrogen-bond donors (Lipinski definition) is 0. The Morgan fingerprint density at radius 3 is 2.16 bits per heavy atom. The van der Waals surface area contributed by atoms with Crippen LogP contribution in [0.2, 0.25) is 5.02 Å². The number of carbonyl (C=O) groups excluding carboxylic acids is 3. The molecule has 32 heavy (non-hydrogen) atoms. The lowest BCUT2D eigenvalue weighted by Crippen LogP contribution is -2.25. The lowest BCUT2D eigenvalue weighted by atomic mass is 10.1. The number of halogens is 1. The summed E-state index contributed by atoms with van der Waals surface area (Å²) in [6.07, 6.45) is -1.19. The molecular weight excluding hydrogens is 446 g/mol. The molecular formula is C20H16ClN3O8. The van der Waals surface area contributed by atoms with Gasteiger partial charge in [-0.2, -0.15) is 5.01 Å². The fourth-order valence-corrected chi connectivity index (χ4v) is 3.08. The first-order valence-corrected chi connectivity index (χ1v) is 9.44. The molecule has 1 aliphatic rings. The lowest BCUT2D eigenvalue weighted by molar-refractivity contribution is -0.385. The molecule has 0 aliphatic carbocycles. The number of ether oxygens (including phenoxy) is 3. The van der Waals surface area contributed by atoms with Gasteiger partial charge in [-0.15, -0.1) is 5.10 Å². The number of hydrogen-bond acceptors (Lipinski definition) is 9. The number of amides is 1. The number of benzene rings is 2. The van der Waals surface area contributed by atoms with Crippen molar-refractivity contribution in [3.63, 3.8) is 0 Å². The fraction of sp³-hybridized carbons (Fsp3) is 0.200. The highest BCUT2D eigenvalue weighted by Gasteiger charge is 2.35. The second-order valence-corrected chi connectivity index (χ2v) is 6.99. The molecule has 3 rings (SSSR count). The summed E-state index contributed by atoms with van der Waals surface area (Å²) in [4.78, 5) is 45.5. The van der Waals surface area contributed by atoms with Crippen LogP contribution in [0.3, 0.4) is 0 Å². The minimum Gasteiger partial charge on any atom is -0.446 e. The van der Waals surface area contributed by atoms with Gasteiger partial charge < -0.3 is 14.2 Å². The van der Waals surface area contributed by atoms with Crippen LogP contribution in [-0.4, -0.2) is 33.7 Å². The highest BCUT2D eigenvalue weighted by molar-refractivity contribution is 6.31. The Bertz CT molecular complexity index is 1130. The Balaban J connectivity index is 2.04. The number of non-ortho nitro benzene ring substituents is 1. The van der Waals surface area contributed by atoms with Crippen LogP contribution in [0.1, 0.15) is 38.1 Å². The van der Waals surface area contributed by atoms with E-state index in [-0.39, 0.29) is 39.2 Å². The van der Waals surface area contributed by atoms with Gasteiger partial charge in [0.15, 0.2) is 0 Å². The summed E-state index contributed by atoms with van der Waals surface area (Å²) in [5.41, 5.74) is 0.112. The number of nitrogens with zero attached hydrogens (tertiary/aromatic N) is 3. The molecule has 1 amide bonds. The highest BCUT2D eigenvalue weighted by atomic mass is 35.5. The summed E-state index contributed by atoms with van der Waals surface area (Å²) < 4.78 is 15.9. The maximum absolute atomic E-state index is 12.2. The lowest BCUT2D eigenvalue weighted by Gasteiger charge is -2.20. The Labute approximate surface area is 186 Å². The molecule has 12 heteroatoms. The Morgan fingerprint density at radius 1 is 1.06 bits per heavy atom. The molecule has 0 saturated heterocycles. The zero-order valence-corrected chi connectivity index (χ0v) is 17.8. The van der Waals surface area contributed by atoms with Crippen LogP contribution in [0.25, 0.3) is 0 Å². The van der Waals surface area contributed by atoms with Crippen molar-refractivity contribution in [2.75, 3.05) is 0 Å². The highest BCUT2D eigenvalue weighted by Crippen LogP contribution is 2.37. The number of esters is 2. The van der Waals surface area contributed by atoms with Gasteiger partial charge in [0.05, 0.1) is 4.92 Å². The Hall–Kier alpha value is -3.99. The largest absolute Gasteiger partial charge is 0.446 e. The minimum atomic E-state index is -1.19. The van der Waals surface area contributed by atoms with E-state index in [2.05, 4.69) is 5.10 Å². The number of nitro groups is 1. The monoisotopic (exact) mass is 461 g/mol. The van der Waals surface area contributed by atoms with Crippen LogP contribution in [0, 0.1) is 10.1 Å². The molecule has 1 atom stereocenters. The van der Waals surface area contributed by atoms with Crippen molar-refractivity contribution in [3.8, 4) is 11.5 Å². The molecule has 1 heterocycles. The van der Waals surface area contributed by atoms with Crippen molar-refractivity contribution >= 4 is 41.0 Å². The van der Waals surface area contributed by atoms with Crippen LogP contribution in [0.5, 0.6) is 11.5 Å². The van der Waals surface area contributed by atoms with E-state index in [4.69, 9.17) is 25.8 Å². The predicted molar refractivity (Wildman–Crippen MR) is 110 cm³/mol. The molecule has 11 nitrogen and oxygen atoms in total. The first-order chi connectivity index (χ1) is 15.0. The van der Waals surface area contributed by atoms with Crippen molar-refractivity contribution in [1.29, 1.82) is 0 Å². The van der Waals surface area contributed by atoms with E-state index >= 15 is 0 Å². The minimum absolute atomic E-state index is 0.0451. The second-order valence-electron chi connectivity index (χ2n) is 6.58. The molecule has 0 radical (unpaired) electrons. The molecule has 2 aromatic carbocycles. The summed E-state index contributed by atoms with van der Waals surface area (Å²) >= 11 is 6.20. The van der Waals surface area contributed by atoms with Crippen molar-refractivity contribution in [3.05, 3.63) is 62.7 Å². The summed E-state index contributed by atoms with van der Waals surface area (Å²) in [6, 6.07) is 7.82. The van der Waals surface area contributed by atoms with Crippen LogP contribution in [-0.2, 0) is 19.1 Å². The summed E-state index contributed by atoms with van der Waals surface area (Å²) in [7, 11) is 0. The third-order valence-corrected chi connectivity index (χ3v) is 4.42. The van der Waals surface area contributed by atoms with Crippen molar-refractivity contribution in [2.45, 2.75) is 27.0 Å². The van der Waals surface area contributed by atoms with E-state index in [9.17, 15) is 24.5 Å². The summed E-state index contributed by atoms with van der Waals surface area (Å²) in [5.74, 6) is -1.75. The Kier molecular flexibility index (Phi) is 6.40. The first kappa shape index (κ1) is 22.7. The predicted octanol–water partition coefficient (Wildman–Crippen LogP) is 3.34. The zero-order valence-electron chi connectivity index (χ0n) is 17.0. The maximum atomic E-state index is 12.2. The summed E-state index contributed by atoms with van der Waals surface area (Å²) in [6.45, 7) is 3.62. The molecule has 0 saturated carbocycles. The second kappa shape index (κ2) is 9.02. The fourth-order valence-electron chi connectivity index (χ4n) is 2.87. The molecule has 1 aliphatic heterocycles. The molecule has 2 aromatic rings. The number of carbonyl (C=O) groups is 3. The number of hydrazone groups is 1. The van der Waals surface area contributed by atoms with Gasteiger partial charge in [0.1, 0.15) is 11.5 Å². The zero-order chi connectivity index (χ0) is 23.6. The number of nitro benzene ring substituents is 1. The molecule has 0 N–H and O–H groups in total. The quantitative estimate of drug-likeness (QED) is 0.286.